The third kappa shape index (κ3) is 2.57. The molecule has 0 radical (unpaired) electrons. The summed E-state index contributed by atoms with van der Waals surface area (Å²) in [5, 5.41) is 12.7. The van der Waals surface area contributed by atoms with E-state index in [1.165, 1.54) is 6.08 Å². The molecule has 0 saturated heterocycles. The van der Waals surface area contributed by atoms with Crippen molar-refractivity contribution in [1.29, 1.82) is 0 Å². The van der Waals surface area contributed by atoms with Crippen LogP contribution in [0, 0.1) is 6.92 Å². The van der Waals surface area contributed by atoms with E-state index in [-0.39, 0.29) is 16.6 Å². The maximum atomic E-state index is 12.4. The van der Waals surface area contributed by atoms with Crippen LogP contribution in [0.1, 0.15) is 16.7 Å². The van der Waals surface area contributed by atoms with Gasteiger partial charge < -0.3 is 5.11 Å². The number of benzene rings is 2. The van der Waals surface area contributed by atoms with Crippen LogP contribution >= 0.6 is 23.2 Å². The van der Waals surface area contributed by atoms with Gasteiger partial charge in [0.15, 0.2) is 5.78 Å². The smallest absolute Gasteiger partial charge is 0.197 e. The Morgan fingerprint density at radius 2 is 1.67 bits per heavy atom. The van der Waals surface area contributed by atoms with E-state index < -0.39 is 8.07 Å². The van der Waals surface area contributed by atoms with Crippen LogP contribution in [0.4, 0.5) is 0 Å². The maximum absolute atomic E-state index is 12.4. The first-order valence-electron chi connectivity index (χ1n) is 8.70. The highest BCUT2D eigenvalue weighted by Crippen LogP contribution is 2.46. The molecule has 136 valence electrons. The van der Waals surface area contributed by atoms with Gasteiger partial charge in [0.25, 0.3) is 0 Å². The number of hydrogen-bond donors (Lipinski definition) is 1. The van der Waals surface area contributed by atoms with Gasteiger partial charge in [0.2, 0.25) is 0 Å². The van der Waals surface area contributed by atoms with Crippen LogP contribution in [-0.4, -0.2) is 19.0 Å². The van der Waals surface area contributed by atoms with E-state index in [4.69, 9.17) is 23.2 Å². The first-order valence-corrected chi connectivity index (χ1v) is 12.5. The van der Waals surface area contributed by atoms with E-state index in [1.54, 1.807) is 6.07 Å². The van der Waals surface area contributed by atoms with Crippen molar-refractivity contribution in [2.24, 2.45) is 0 Å². The molecule has 4 rings (SSSR count). The summed E-state index contributed by atoms with van der Waals surface area (Å²) >= 11 is 13.1. The molecule has 0 atom stereocenters. The molecule has 2 aromatic rings. The second-order valence-electron chi connectivity index (χ2n) is 7.44. The summed E-state index contributed by atoms with van der Waals surface area (Å²) in [7, 11) is -2.42. The molecule has 0 saturated carbocycles. The fourth-order valence-corrected chi connectivity index (χ4v) is 9.28. The molecule has 2 nitrogen and oxygen atoms in total. The number of carbonyl (C=O) groups excluding carboxylic acids is 1. The average molecular weight is 413 g/mol. The number of carbonyl (C=O) groups is 1. The number of phenolic OH excluding ortho intramolecular Hbond substituents is 1. The summed E-state index contributed by atoms with van der Waals surface area (Å²) in [6, 6.07) is 11.7. The maximum Gasteiger partial charge on any atom is 0.197 e. The molecule has 27 heavy (non-hydrogen) atoms. The van der Waals surface area contributed by atoms with Crippen LogP contribution in [0.5, 0.6) is 5.75 Å². The summed E-state index contributed by atoms with van der Waals surface area (Å²) in [5.41, 5.74) is 5.19. The first-order chi connectivity index (χ1) is 12.7. The number of allylic oxidation sites excluding steroid dienone is 5. The first kappa shape index (κ1) is 18.3. The molecule has 0 aromatic heterocycles. The Labute approximate surface area is 169 Å². The van der Waals surface area contributed by atoms with E-state index in [1.807, 2.05) is 24.3 Å². The number of ketones is 1. The third-order valence-electron chi connectivity index (χ3n) is 5.43. The Morgan fingerprint density at radius 1 is 0.963 bits per heavy atom. The van der Waals surface area contributed by atoms with Gasteiger partial charge in [-0.05, 0) is 57.3 Å². The molecule has 0 unspecified atom stereocenters. The van der Waals surface area contributed by atoms with E-state index in [0.717, 1.165) is 38.2 Å². The Bertz CT molecular complexity index is 1110. The van der Waals surface area contributed by atoms with Crippen molar-refractivity contribution in [3.05, 3.63) is 86.1 Å². The Balaban J connectivity index is 2.22. The van der Waals surface area contributed by atoms with Crippen LogP contribution in [0.25, 0.3) is 5.57 Å². The van der Waals surface area contributed by atoms with Gasteiger partial charge in [0.05, 0.1) is 10.1 Å². The van der Waals surface area contributed by atoms with Crippen molar-refractivity contribution in [1.82, 2.24) is 0 Å². The second kappa shape index (κ2) is 6.23. The molecule has 5 heteroatoms. The molecular weight excluding hydrogens is 395 g/mol. The molecule has 0 spiro atoms. The lowest BCUT2D eigenvalue weighted by Gasteiger charge is -2.39. The number of halogens is 2. The largest absolute Gasteiger partial charge is 0.506 e. The minimum atomic E-state index is -2.42. The van der Waals surface area contributed by atoms with Gasteiger partial charge in [-0.1, -0.05) is 72.7 Å². The van der Waals surface area contributed by atoms with Gasteiger partial charge in [-0.25, -0.2) is 0 Å². The molecule has 1 aliphatic heterocycles. The van der Waals surface area contributed by atoms with Crippen LogP contribution in [0.15, 0.2) is 64.4 Å². The number of phenols is 1. The summed E-state index contributed by atoms with van der Waals surface area (Å²) < 4.78 is 0. The quantitative estimate of drug-likeness (QED) is 0.648. The van der Waals surface area contributed by atoms with Crippen molar-refractivity contribution < 1.29 is 9.90 Å². The molecule has 0 fully saturated rings. The highest BCUT2D eigenvalue weighted by molar-refractivity contribution is 6.99. The molecule has 0 amide bonds. The fourth-order valence-electron chi connectivity index (χ4n) is 4.17. The van der Waals surface area contributed by atoms with E-state index in [2.05, 4.69) is 32.2 Å². The zero-order valence-electron chi connectivity index (χ0n) is 15.2. The standard InChI is InChI=1S/C22H18Cl2O2Si/c1-12-6-4-5-7-13(12)18-14-8-10-16(25)19(23)21(14)27(2,3)22-15(18)9-11-17(26)20(22)24/h4-11,25H,1-3H3. The van der Waals surface area contributed by atoms with Gasteiger partial charge in [0, 0.05) is 0 Å². The van der Waals surface area contributed by atoms with Gasteiger partial charge in [-0.15, -0.1) is 0 Å². The van der Waals surface area contributed by atoms with Gasteiger partial charge in [-0.2, -0.15) is 0 Å². The number of aromatic hydroxyl groups is 1. The lowest BCUT2D eigenvalue weighted by molar-refractivity contribution is -0.110. The molecule has 2 aliphatic rings. The van der Waals surface area contributed by atoms with Crippen LogP contribution in [0.2, 0.25) is 18.1 Å². The Kier molecular flexibility index (Phi) is 4.22. The fraction of sp³-hybridized carbons (Fsp3) is 0.136. The van der Waals surface area contributed by atoms with E-state index >= 15 is 0 Å². The Morgan fingerprint density at radius 3 is 2.37 bits per heavy atom. The molecule has 1 N–H and O–H groups in total. The molecular formula is C22H18Cl2O2Si. The highest BCUT2D eigenvalue weighted by atomic mass is 35.5. The molecule has 1 aliphatic carbocycles. The van der Waals surface area contributed by atoms with Crippen LogP contribution < -0.4 is 5.19 Å². The van der Waals surface area contributed by atoms with Crippen molar-refractivity contribution >= 4 is 47.8 Å². The zero-order valence-corrected chi connectivity index (χ0v) is 17.7. The predicted molar refractivity (Wildman–Crippen MR) is 114 cm³/mol. The minimum Gasteiger partial charge on any atom is -0.506 e. The zero-order chi connectivity index (χ0) is 19.5. The predicted octanol–water partition coefficient (Wildman–Crippen LogP) is 5.26. The SMILES string of the molecule is Cc1ccccc1C1=C2C=CC(=O)C(Cl)=C2[Si](C)(C)c2c1ccc(O)c2Cl. The second-order valence-corrected chi connectivity index (χ2v) is 12.4. The van der Waals surface area contributed by atoms with E-state index in [0.29, 0.717) is 5.02 Å². The van der Waals surface area contributed by atoms with Crippen LogP contribution in [0.3, 0.4) is 0 Å². The normalized spacial score (nSPS) is 17.9. The van der Waals surface area contributed by atoms with E-state index in [9.17, 15) is 9.90 Å². The summed E-state index contributed by atoms with van der Waals surface area (Å²) in [6.07, 6.45) is 3.42. The summed E-state index contributed by atoms with van der Waals surface area (Å²) in [4.78, 5) is 12.4. The number of aryl methyl sites for hydroxylation is 1. The highest BCUT2D eigenvalue weighted by Gasteiger charge is 2.44. The van der Waals surface area contributed by atoms with Gasteiger partial charge >= 0.3 is 0 Å². The lowest BCUT2D eigenvalue weighted by atomic mass is 9.88. The van der Waals surface area contributed by atoms with Crippen LogP contribution in [-0.2, 0) is 4.79 Å². The van der Waals surface area contributed by atoms with Gasteiger partial charge in [-0.3, -0.25) is 4.79 Å². The minimum absolute atomic E-state index is 0.0537. The van der Waals surface area contributed by atoms with Crippen molar-refractivity contribution in [3.63, 3.8) is 0 Å². The number of fused-ring (bicyclic) bond motifs is 2. The summed E-state index contributed by atoms with van der Waals surface area (Å²) in [5.74, 6) is -0.127. The van der Waals surface area contributed by atoms with Crippen molar-refractivity contribution in [2.45, 2.75) is 20.0 Å². The molecule has 2 aromatic carbocycles. The number of hydrogen-bond acceptors (Lipinski definition) is 2. The topological polar surface area (TPSA) is 37.3 Å². The third-order valence-corrected chi connectivity index (χ3v) is 10.0. The monoisotopic (exact) mass is 412 g/mol. The van der Waals surface area contributed by atoms with Crippen molar-refractivity contribution in [2.75, 3.05) is 0 Å². The average Bonchev–Trinajstić information content (AvgIpc) is 2.61. The molecule has 1 heterocycles. The molecule has 0 bridgehead atoms. The number of rotatable bonds is 1. The van der Waals surface area contributed by atoms with Gasteiger partial charge in [0.1, 0.15) is 13.8 Å². The summed E-state index contributed by atoms with van der Waals surface area (Å²) in [6.45, 7) is 6.30. The lowest BCUT2D eigenvalue weighted by Crippen LogP contribution is -2.50. The van der Waals surface area contributed by atoms with Crippen molar-refractivity contribution in [3.8, 4) is 5.75 Å². The Hall–Kier alpha value is -2.07.